The summed E-state index contributed by atoms with van der Waals surface area (Å²) in [4.78, 5) is 21.9. The first kappa shape index (κ1) is 18.2. The van der Waals surface area contributed by atoms with Crippen molar-refractivity contribution in [1.82, 2.24) is 15.1 Å². The minimum absolute atomic E-state index is 0.0890. The predicted molar refractivity (Wildman–Crippen MR) is 89.8 cm³/mol. The highest BCUT2D eigenvalue weighted by Gasteiger charge is 2.10. The second kappa shape index (κ2) is 8.67. The predicted octanol–water partition coefficient (Wildman–Crippen LogP) is 1.56. The molecule has 1 amide bonds. The van der Waals surface area contributed by atoms with Crippen molar-refractivity contribution in [2.45, 2.75) is 19.4 Å². The molecule has 25 heavy (non-hydrogen) atoms. The van der Waals surface area contributed by atoms with Gasteiger partial charge < -0.3 is 14.8 Å². The maximum absolute atomic E-state index is 11.8. The molecule has 9 heteroatoms. The van der Waals surface area contributed by atoms with Crippen molar-refractivity contribution in [2.24, 2.45) is 0 Å². The number of nitrogens with one attached hydrogen (secondary N) is 1. The number of aromatic nitrogens is 2. The molecule has 0 saturated heterocycles. The molecule has 2 rings (SSSR count). The van der Waals surface area contributed by atoms with Crippen LogP contribution in [-0.4, -0.2) is 41.4 Å². The topological polar surface area (TPSA) is 109 Å². The lowest BCUT2D eigenvalue weighted by molar-refractivity contribution is -0.385. The van der Waals surface area contributed by atoms with Gasteiger partial charge in [-0.05, 0) is 24.1 Å². The molecule has 0 fully saturated rings. The number of methoxy groups -OCH3 is 2. The number of carbonyl (C=O) groups is 1. The van der Waals surface area contributed by atoms with Crippen LogP contribution < -0.4 is 14.8 Å². The molecule has 0 aliphatic heterocycles. The number of carbonyl (C=O) groups excluding carboxylic acids is 1. The van der Waals surface area contributed by atoms with Gasteiger partial charge >= 0.3 is 5.69 Å². The monoisotopic (exact) mass is 348 g/mol. The van der Waals surface area contributed by atoms with Crippen LogP contribution in [0.1, 0.15) is 12.0 Å². The summed E-state index contributed by atoms with van der Waals surface area (Å²) in [5, 5.41) is 17.2. The molecule has 0 unspecified atom stereocenters. The van der Waals surface area contributed by atoms with Crippen molar-refractivity contribution in [3.8, 4) is 11.5 Å². The second-order valence-corrected chi connectivity index (χ2v) is 5.26. The Morgan fingerprint density at radius 2 is 2.08 bits per heavy atom. The van der Waals surface area contributed by atoms with E-state index in [9.17, 15) is 14.9 Å². The zero-order valence-electron chi connectivity index (χ0n) is 14.1. The third kappa shape index (κ3) is 5.20. The van der Waals surface area contributed by atoms with E-state index in [1.54, 1.807) is 14.2 Å². The molecule has 0 atom stereocenters. The van der Waals surface area contributed by atoms with Gasteiger partial charge in [0.15, 0.2) is 11.5 Å². The first-order valence-electron chi connectivity index (χ1n) is 7.68. The molecule has 0 spiro atoms. The minimum Gasteiger partial charge on any atom is -0.493 e. The zero-order valence-corrected chi connectivity index (χ0v) is 14.1. The van der Waals surface area contributed by atoms with E-state index >= 15 is 0 Å². The van der Waals surface area contributed by atoms with Crippen molar-refractivity contribution in [3.63, 3.8) is 0 Å². The van der Waals surface area contributed by atoms with Crippen molar-refractivity contribution >= 4 is 11.6 Å². The largest absolute Gasteiger partial charge is 0.493 e. The highest BCUT2D eigenvalue weighted by molar-refractivity contribution is 5.75. The van der Waals surface area contributed by atoms with E-state index in [-0.39, 0.29) is 24.6 Å². The lowest BCUT2D eigenvalue weighted by Gasteiger charge is -2.10. The van der Waals surface area contributed by atoms with Gasteiger partial charge in [0.1, 0.15) is 12.4 Å². The van der Waals surface area contributed by atoms with Crippen molar-refractivity contribution in [3.05, 3.63) is 46.3 Å². The Balaban J connectivity index is 1.75. The molecular weight excluding hydrogens is 328 g/mol. The van der Waals surface area contributed by atoms with Crippen LogP contribution in [0.3, 0.4) is 0 Å². The van der Waals surface area contributed by atoms with Crippen molar-refractivity contribution < 1.29 is 19.2 Å². The number of ether oxygens (including phenoxy) is 2. The van der Waals surface area contributed by atoms with E-state index in [2.05, 4.69) is 10.4 Å². The second-order valence-electron chi connectivity index (χ2n) is 5.26. The maximum atomic E-state index is 11.8. The number of hydrogen-bond donors (Lipinski definition) is 1. The molecular formula is C16H20N4O5. The van der Waals surface area contributed by atoms with Gasteiger partial charge in [0.25, 0.3) is 0 Å². The van der Waals surface area contributed by atoms with Gasteiger partial charge in [0.2, 0.25) is 5.91 Å². The van der Waals surface area contributed by atoms with Gasteiger partial charge in [-0.2, -0.15) is 5.10 Å². The van der Waals surface area contributed by atoms with Gasteiger partial charge in [0, 0.05) is 19.5 Å². The third-order valence-corrected chi connectivity index (χ3v) is 3.58. The van der Waals surface area contributed by atoms with Crippen molar-refractivity contribution in [2.75, 3.05) is 20.8 Å². The van der Waals surface area contributed by atoms with Crippen LogP contribution >= 0.6 is 0 Å². The molecule has 9 nitrogen and oxygen atoms in total. The molecule has 134 valence electrons. The highest BCUT2D eigenvalue weighted by Crippen LogP contribution is 2.27. The molecule has 1 aromatic heterocycles. The number of benzene rings is 1. The Kier molecular flexibility index (Phi) is 6.33. The summed E-state index contributed by atoms with van der Waals surface area (Å²) in [5.74, 6) is 1.16. The Labute approximate surface area is 144 Å². The van der Waals surface area contributed by atoms with Crippen LogP contribution in [0.2, 0.25) is 0 Å². The van der Waals surface area contributed by atoms with Crippen LogP contribution in [0.4, 0.5) is 5.69 Å². The molecule has 0 saturated carbocycles. The Bertz CT molecular complexity index is 744. The molecule has 1 aromatic carbocycles. The highest BCUT2D eigenvalue weighted by atomic mass is 16.6. The number of nitro groups is 1. The molecule has 2 aromatic rings. The first-order chi connectivity index (χ1) is 12.0. The maximum Gasteiger partial charge on any atom is 0.306 e. The van der Waals surface area contributed by atoms with E-state index in [4.69, 9.17) is 9.47 Å². The van der Waals surface area contributed by atoms with Crippen LogP contribution in [0.5, 0.6) is 11.5 Å². The number of hydrogen-bond acceptors (Lipinski definition) is 6. The molecule has 0 aliphatic carbocycles. The summed E-state index contributed by atoms with van der Waals surface area (Å²) in [6.07, 6.45) is 3.32. The zero-order chi connectivity index (χ0) is 18.2. The van der Waals surface area contributed by atoms with Gasteiger partial charge in [-0.1, -0.05) is 6.07 Å². The summed E-state index contributed by atoms with van der Waals surface area (Å²) < 4.78 is 11.8. The fourth-order valence-electron chi connectivity index (χ4n) is 2.26. The summed E-state index contributed by atoms with van der Waals surface area (Å²) in [5.41, 5.74) is 0.925. The fourth-order valence-corrected chi connectivity index (χ4v) is 2.26. The Morgan fingerprint density at radius 3 is 2.72 bits per heavy atom. The minimum atomic E-state index is -0.521. The number of aryl methyl sites for hydroxylation is 1. The van der Waals surface area contributed by atoms with Crippen LogP contribution in [0, 0.1) is 10.1 Å². The molecule has 1 N–H and O–H groups in total. The van der Waals surface area contributed by atoms with Crippen LogP contribution in [0.25, 0.3) is 0 Å². The van der Waals surface area contributed by atoms with E-state index < -0.39 is 4.92 Å². The summed E-state index contributed by atoms with van der Waals surface area (Å²) in [6.45, 7) is 0.767. The van der Waals surface area contributed by atoms with Gasteiger partial charge in [0.05, 0.1) is 19.1 Å². The van der Waals surface area contributed by atoms with Crippen LogP contribution in [0.15, 0.2) is 30.6 Å². The van der Waals surface area contributed by atoms with Gasteiger partial charge in [-0.3, -0.25) is 19.6 Å². The number of amides is 1. The molecule has 0 bridgehead atoms. The van der Waals surface area contributed by atoms with Crippen LogP contribution in [-0.2, 0) is 17.8 Å². The normalized spacial score (nSPS) is 10.3. The Hall–Kier alpha value is -3.10. The van der Waals surface area contributed by atoms with E-state index in [1.165, 1.54) is 10.9 Å². The van der Waals surface area contributed by atoms with Gasteiger partial charge in [-0.15, -0.1) is 0 Å². The molecule has 0 radical (unpaired) electrons. The fraction of sp³-hybridized carbons (Fsp3) is 0.375. The Morgan fingerprint density at radius 1 is 1.32 bits per heavy atom. The van der Waals surface area contributed by atoms with E-state index in [0.717, 1.165) is 11.8 Å². The summed E-state index contributed by atoms with van der Waals surface area (Å²) >= 11 is 0. The standard InChI is InChI=1S/C16H20N4O5/c1-24-14-4-3-12(9-15(14)25-2)5-7-17-16(21)6-8-19-11-13(10-18-19)20(22)23/h3-4,9-11H,5-8H2,1-2H3,(H,17,21). The quantitative estimate of drug-likeness (QED) is 0.544. The average Bonchev–Trinajstić information content (AvgIpc) is 3.09. The number of rotatable bonds is 9. The summed E-state index contributed by atoms with van der Waals surface area (Å²) in [6, 6.07) is 5.60. The SMILES string of the molecule is COc1ccc(CCNC(=O)CCn2cc([N+](=O)[O-])cn2)cc1OC. The lowest BCUT2D eigenvalue weighted by atomic mass is 10.1. The third-order valence-electron chi connectivity index (χ3n) is 3.58. The van der Waals surface area contributed by atoms with Crippen molar-refractivity contribution in [1.29, 1.82) is 0 Å². The van der Waals surface area contributed by atoms with E-state index in [0.29, 0.717) is 24.5 Å². The molecule has 1 heterocycles. The first-order valence-corrected chi connectivity index (χ1v) is 7.68. The van der Waals surface area contributed by atoms with Gasteiger partial charge in [-0.25, -0.2) is 0 Å². The smallest absolute Gasteiger partial charge is 0.306 e. The van der Waals surface area contributed by atoms with E-state index in [1.807, 2.05) is 18.2 Å². The lowest BCUT2D eigenvalue weighted by Crippen LogP contribution is -2.26. The number of nitrogens with zero attached hydrogens (tertiary/aromatic N) is 3. The molecule has 0 aliphatic rings. The average molecular weight is 348 g/mol. The summed E-state index contributed by atoms with van der Waals surface area (Å²) in [7, 11) is 3.15.